The largest absolute Gasteiger partial charge is 0.495 e. The fraction of sp³-hybridized carbons (Fsp3) is 0.208. The standard InChI is InChI=1S/2C24H22FN5O/c2*1-17-15-29(16-26-17)20-10-8-18(14-21(20)31-2)9-11-22-27-23-24(25,12-13-30(23)28-22)19-6-4-3-5-7-19/h2*3-11,14-16H,12-13H2,1-2H3/b2*11-9+/t2*24-/m10/s1. The van der Waals surface area contributed by atoms with E-state index >= 15 is 8.78 Å². The van der Waals surface area contributed by atoms with Gasteiger partial charge in [-0.3, -0.25) is 0 Å². The van der Waals surface area contributed by atoms with Gasteiger partial charge in [0.1, 0.15) is 11.5 Å². The molecule has 62 heavy (non-hydrogen) atoms. The molecule has 14 heteroatoms. The Labute approximate surface area is 357 Å². The highest BCUT2D eigenvalue weighted by Gasteiger charge is 2.45. The first-order valence-corrected chi connectivity index (χ1v) is 20.3. The van der Waals surface area contributed by atoms with Gasteiger partial charge in [0.2, 0.25) is 0 Å². The number of methoxy groups -OCH3 is 2. The predicted octanol–water partition coefficient (Wildman–Crippen LogP) is 9.14. The number of benzene rings is 4. The molecule has 4 aromatic carbocycles. The van der Waals surface area contributed by atoms with E-state index in [4.69, 9.17) is 9.47 Å². The average Bonchev–Trinajstić information content (AvgIpc) is 4.18. The van der Waals surface area contributed by atoms with E-state index in [0.717, 1.165) is 45.4 Å². The summed E-state index contributed by atoms with van der Waals surface area (Å²) in [7, 11) is 3.28. The van der Waals surface area contributed by atoms with Gasteiger partial charge in [-0.2, -0.15) is 10.2 Å². The smallest absolute Gasteiger partial charge is 0.196 e. The van der Waals surface area contributed by atoms with Crippen molar-refractivity contribution in [2.75, 3.05) is 14.2 Å². The Kier molecular flexibility index (Phi) is 10.6. The summed E-state index contributed by atoms with van der Waals surface area (Å²) >= 11 is 0. The molecule has 2 atom stereocenters. The van der Waals surface area contributed by atoms with Crippen molar-refractivity contribution in [1.29, 1.82) is 0 Å². The van der Waals surface area contributed by atoms with Crippen molar-refractivity contribution in [3.63, 3.8) is 0 Å². The molecule has 2 aliphatic heterocycles. The monoisotopic (exact) mass is 830 g/mol. The maximum Gasteiger partial charge on any atom is 0.196 e. The molecule has 0 aliphatic carbocycles. The fourth-order valence-corrected chi connectivity index (χ4v) is 7.92. The summed E-state index contributed by atoms with van der Waals surface area (Å²) in [6.07, 6.45) is 15.5. The molecule has 2 aliphatic rings. The van der Waals surface area contributed by atoms with Crippen molar-refractivity contribution < 1.29 is 18.3 Å². The zero-order valence-corrected chi connectivity index (χ0v) is 34.7. The van der Waals surface area contributed by atoms with Crippen LogP contribution in [0.3, 0.4) is 0 Å². The lowest BCUT2D eigenvalue weighted by atomic mass is 9.94. The molecule has 8 aromatic rings. The first kappa shape index (κ1) is 40.0. The van der Waals surface area contributed by atoms with Crippen molar-refractivity contribution in [1.82, 2.24) is 48.6 Å². The summed E-state index contributed by atoms with van der Waals surface area (Å²) in [4.78, 5) is 17.5. The Morgan fingerprint density at radius 2 is 0.984 bits per heavy atom. The first-order chi connectivity index (χ1) is 30.1. The molecule has 4 aromatic heterocycles. The molecule has 0 unspecified atom stereocenters. The Hall–Kier alpha value is -7.48. The molecule has 6 heterocycles. The van der Waals surface area contributed by atoms with Gasteiger partial charge < -0.3 is 18.6 Å². The summed E-state index contributed by atoms with van der Waals surface area (Å²) in [5.74, 6) is 3.16. The van der Waals surface area contributed by atoms with Gasteiger partial charge in [0, 0.05) is 38.3 Å². The minimum atomic E-state index is -1.60. The second-order valence-electron chi connectivity index (χ2n) is 15.2. The highest BCUT2D eigenvalue weighted by atomic mass is 19.1. The van der Waals surface area contributed by atoms with E-state index in [-0.39, 0.29) is 0 Å². The van der Waals surface area contributed by atoms with Crippen molar-refractivity contribution >= 4 is 24.3 Å². The number of hydrogen-bond acceptors (Lipinski definition) is 8. The van der Waals surface area contributed by atoms with Crippen LogP contribution in [0.4, 0.5) is 8.78 Å². The molecule has 10 rings (SSSR count). The van der Waals surface area contributed by atoms with Crippen LogP contribution in [-0.2, 0) is 24.4 Å². The lowest BCUT2D eigenvalue weighted by molar-refractivity contribution is 0.217. The molecule has 0 N–H and O–H groups in total. The molecule has 0 spiro atoms. The first-order valence-electron chi connectivity index (χ1n) is 20.3. The number of imidazole rings is 2. The number of fused-ring (bicyclic) bond motifs is 2. The third-order valence-electron chi connectivity index (χ3n) is 11.1. The van der Waals surface area contributed by atoms with Crippen molar-refractivity contribution in [3.8, 4) is 22.9 Å². The molecule has 312 valence electrons. The zero-order valence-electron chi connectivity index (χ0n) is 34.7. The number of nitrogens with zero attached hydrogens (tertiary/aromatic N) is 10. The van der Waals surface area contributed by atoms with Crippen LogP contribution in [0.2, 0.25) is 0 Å². The van der Waals surface area contributed by atoms with E-state index in [0.29, 0.717) is 60.4 Å². The van der Waals surface area contributed by atoms with Gasteiger partial charge in [0.15, 0.2) is 34.6 Å². The van der Waals surface area contributed by atoms with Gasteiger partial charge in [-0.25, -0.2) is 38.1 Å². The van der Waals surface area contributed by atoms with Crippen molar-refractivity contribution in [3.05, 3.63) is 179 Å². The number of alkyl halides is 2. The normalized spacial score (nSPS) is 17.9. The molecule has 0 radical (unpaired) electrons. The van der Waals surface area contributed by atoms with Crippen LogP contribution in [0.15, 0.2) is 122 Å². The second-order valence-corrected chi connectivity index (χ2v) is 15.2. The number of hydrogen-bond donors (Lipinski definition) is 0. The number of rotatable bonds is 10. The number of ether oxygens (including phenoxy) is 2. The molecular formula is C48H44F2N10O2. The van der Waals surface area contributed by atoms with Crippen LogP contribution < -0.4 is 9.47 Å². The molecule has 12 nitrogen and oxygen atoms in total. The van der Waals surface area contributed by atoms with Crippen LogP contribution >= 0.6 is 0 Å². The molecule has 0 fully saturated rings. The van der Waals surface area contributed by atoms with Gasteiger partial charge in [-0.15, -0.1) is 0 Å². The van der Waals surface area contributed by atoms with Crippen molar-refractivity contribution in [2.24, 2.45) is 0 Å². The Morgan fingerprint density at radius 3 is 1.35 bits per heavy atom. The van der Waals surface area contributed by atoms with Crippen LogP contribution in [0.25, 0.3) is 35.7 Å². The lowest BCUT2D eigenvalue weighted by Gasteiger charge is -2.17. The summed E-state index contributed by atoms with van der Waals surface area (Å²) in [6, 6.07) is 30.1. The van der Waals surface area contributed by atoms with E-state index < -0.39 is 11.3 Å². The van der Waals surface area contributed by atoms with E-state index in [2.05, 4.69) is 30.1 Å². The lowest BCUT2D eigenvalue weighted by Crippen LogP contribution is -2.19. The molecule has 0 amide bonds. The molecular weight excluding hydrogens is 787 g/mol. The Balaban J connectivity index is 0.000000158. The summed E-state index contributed by atoms with van der Waals surface area (Å²) in [5, 5.41) is 8.94. The summed E-state index contributed by atoms with van der Waals surface area (Å²) in [5.41, 5.74) is 3.58. The zero-order chi connectivity index (χ0) is 42.8. The number of halogens is 2. The highest BCUT2D eigenvalue weighted by molar-refractivity contribution is 5.70. The summed E-state index contributed by atoms with van der Waals surface area (Å²) in [6.45, 7) is 4.90. The number of aryl methyl sites for hydroxylation is 4. The van der Waals surface area contributed by atoms with E-state index in [1.54, 1.807) is 72.7 Å². The Morgan fingerprint density at radius 1 is 0.565 bits per heavy atom. The molecule has 0 saturated carbocycles. The van der Waals surface area contributed by atoms with E-state index in [1.165, 1.54) is 0 Å². The fourth-order valence-electron chi connectivity index (χ4n) is 7.92. The van der Waals surface area contributed by atoms with E-state index in [9.17, 15) is 0 Å². The van der Waals surface area contributed by atoms with Gasteiger partial charge in [0.25, 0.3) is 0 Å². The average molecular weight is 831 g/mol. The van der Waals surface area contributed by atoms with Gasteiger partial charge in [-0.05, 0) is 72.5 Å². The third-order valence-corrected chi connectivity index (χ3v) is 11.1. The minimum Gasteiger partial charge on any atom is -0.495 e. The third kappa shape index (κ3) is 7.70. The van der Waals surface area contributed by atoms with Gasteiger partial charge in [-0.1, -0.05) is 84.9 Å². The maximum absolute atomic E-state index is 15.7. The summed E-state index contributed by atoms with van der Waals surface area (Å²) < 4.78 is 49.8. The Bertz CT molecular complexity index is 2720. The van der Waals surface area contributed by atoms with E-state index in [1.807, 2.05) is 120 Å². The van der Waals surface area contributed by atoms with Crippen LogP contribution in [-0.4, -0.2) is 62.9 Å². The van der Waals surface area contributed by atoms with Crippen molar-refractivity contribution in [2.45, 2.75) is 51.1 Å². The SMILES string of the molecule is COc1cc(/C=C/c2nc3n(n2)CC[C@@]3(F)c2ccccc2)ccc1-n1cnc(C)c1.COc1cc(/C=C/c2nc3n(n2)CC[C@]3(F)c2ccccc2)ccc1-n1cnc(C)c1. The van der Waals surface area contributed by atoms with Crippen LogP contribution in [0.1, 0.15) is 69.8 Å². The molecule has 0 saturated heterocycles. The quantitative estimate of drug-likeness (QED) is 0.134. The highest BCUT2D eigenvalue weighted by Crippen LogP contribution is 2.42. The van der Waals surface area contributed by atoms with Gasteiger partial charge in [0.05, 0.1) is 49.6 Å². The topological polar surface area (TPSA) is 116 Å². The van der Waals surface area contributed by atoms with Crippen LogP contribution in [0, 0.1) is 13.8 Å². The van der Waals surface area contributed by atoms with Gasteiger partial charge >= 0.3 is 0 Å². The predicted molar refractivity (Wildman–Crippen MR) is 233 cm³/mol. The maximum atomic E-state index is 15.7. The van der Waals surface area contributed by atoms with Crippen LogP contribution in [0.5, 0.6) is 11.5 Å². The number of aromatic nitrogens is 10. The molecule has 0 bridgehead atoms. The minimum absolute atomic E-state index is 0.350. The second kappa shape index (κ2) is 16.5.